The number of aryl methyl sites for hydroxylation is 1. The zero-order valence-electron chi connectivity index (χ0n) is 10.5. The number of hydrazone groups is 1. The second kappa shape index (κ2) is 7.65. The molecule has 0 radical (unpaired) electrons. The summed E-state index contributed by atoms with van der Waals surface area (Å²) >= 11 is 0. The molecule has 4 nitrogen and oxygen atoms in total. The zero-order valence-corrected chi connectivity index (χ0v) is 10.5. The Hall–Kier alpha value is -1.58. The third-order valence-electron chi connectivity index (χ3n) is 2.41. The van der Waals surface area contributed by atoms with Gasteiger partial charge in [0.1, 0.15) is 5.76 Å². The molecule has 0 fully saturated rings. The van der Waals surface area contributed by atoms with E-state index in [-0.39, 0.29) is 5.91 Å². The van der Waals surface area contributed by atoms with Crippen molar-refractivity contribution < 1.29 is 9.21 Å². The van der Waals surface area contributed by atoms with Gasteiger partial charge in [-0.25, -0.2) is 5.43 Å². The summed E-state index contributed by atoms with van der Waals surface area (Å²) in [6, 6.07) is 3.39. The van der Waals surface area contributed by atoms with Gasteiger partial charge in [-0.1, -0.05) is 26.2 Å². The minimum atomic E-state index is -0.303. The van der Waals surface area contributed by atoms with Gasteiger partial charge in [-0.05, 0) is 31.9 Å². The van der Waals surface area contributed by atoms with Crippen LogP contribution in [-0.2, 0) is 0 Å². The summed E-state index contributed by atoms with van der Waals surface area (Å²) in [5, 5.41) is 3.87. The standard InChI is InChI=1S/C13H20N2O2/c1-3-4-5-6-7-10-14-15-13(16)12-9-8-11(2)17-12/h8-10H,3-7H2,1-2H3,(H,15,16). The van der Waals surface area contributed by atoms with E-state index in [0.29, 0.717) is 5.76 Å². The second-order valence-electron chi connectivity index (χ2n) is 4.01. The lowest BCUT2D eigenvalue weighted by Gasteiger charge is -1.96. The largest absolute Gasteiger partial charge is 0.456 e. The molecule has 0 aliphatic heterocycles. The molecule has 1 rings (SSSR count). The molecule has 94 valence electrons. The summed E-state index contributed by atoms with van der Waals surface area (Å²) in [5.74, 6) is 0.715. The third-order valence-corrected chi connectivity index (χ3v) is 2.41. The van der Waals surface area contributed by atoms with E-state index in [9.17, 15) is 4.79 Å². The van der Waals surface area contributed by atoms with Crippen molar-refractivity contribution in [3.63, 3.8) is 0 Å². The molecule has 0 saturated heterocycles. The number of unbranched alkanes of at least 4 members (excludes halogenated alkanes) is 4. The van der Waals surface area contributed by atoms with Crippen molar-refractivity contribution in [3.05, 3.63) is 23.7 Å². The van der Waals surface area contributed by atoms with Crippen LogP contribution in [0, 0.1) is 6.92 Å². The van der Waals surface area contributed by atoms with Crippen molar-refractivity contribution in [2.24, 2.45) is 5.10 Å². The molecule has 1 aromatic rings. The van der Waals surface area contributed by atoms with Crippen LogP contribution in [0.5, 0.6) is 0 Å². The predicted molar refractivity (Wildman–Crippen MR) is 68.2 cm³/mol. The molecule has 0 spiro atoms. The van der Waals surface area contributed by atoms with Crippen molar-refractivity contribution in [3.8, 4) is 0 Å². The van der Waals surface area contributed by atoms with E-state index in [1.807, 2.05) is 0 Å². The molecule has 1 N–H and O–H groups in total. The van der Waals surface area contributed by atoms with E-state index in [1.54, 1.807) is 25.3 Å². The SMILES string of the molecule is CCCCCCC=NNC(=O)c1ccc(C)o1. The van der Waals surface area contributed by atoms with Crippen LogP contribution < -0.4 is 5.43 Å². The van der Waals surface area contributed by atoms with E-state index in [2.05, 4.69) is 17.5 Å². The molecular weight excluding hydrogens is 216 g/mol. The Labute approximate surface area is 102 Å². The van der Waals surface area contributed by atoms with Crippen molar-refractivity contribution in [1.29, 1.82) is 0 Å². The van der Waals surface area contributed by atoms with Crippen molar-refractivity contribution in [2.75, 3.05) is 0 Å². The first-order valence-electron chi connectivity index (χ1n) is 6.12. The minimum absolute atomic E-state index is 0.297. The quantitative estimate of drug-likeness (QED) is 0.448. The topological polar surface area (TPSA) is 54.6 Å². The van der Waals surface area contributed by atoms with E-state index < -0.39 is 0 Å². The van der Waals surface area contributed by atoms with Gasteiger partial charge in [0.05, 0.1) is 0 Å². The van der Waals surface area contributed by atoms with Crippen LogP contribution in [0.25, 0.3) is 0 Å². The molecule has 0 aliphatic carbocycles. The van der Waals surface area contributed by atoms with Gasteiger partial charge in [-0.15, -0.1) is 0 Å². The predicted octanol–water partition coefficient (Wildman–Crippen LogP) is 3.27. The first-order chi connectivity index (χ1) is 8.24. The van der Waals surface area contributed by atoms with E-state index in [4.69, 9.17) is 4.42 Å². The highest BCUT2D eigenvalue weighted by Crippen LogP contribution is 2.05. The molecule has 1 amide bonds. The third kappa shape index (κ3) is 5.33. The Morgan fingerprint density at radius 3 is 2.88 bits per heavy atom. The molecule has 17 heavy (non-hydrogen) atoms. The van der Waals surface area contributed by atoms with E-state index >= 15 is 0 Å². The molecular formula is C13H20N2O2. The lowest BCUT2D eigenvalue weighted by atomic mass is 10.2. The highest BCUT2D eigenvalue weighted by atomic mass is 16.3. The molecule has 0 aromatic carbocycles. The van der Waals surface area contributed by atoms with Crippen LogP contribution in [0.2, 0.25) is 0 Å². The number of carbonyl (C=O) groups is 1. The van der Waals surface area contributed by atoms with Gasteiger partial charge in [0.25, 0.3) is 0 Å². The molecule has 0 atom stereocenters. The second-order valence-corrected chi connectivity index (χ2v) is 4.01. The Balaban J connectivity index is 2.17. The Morgan fingerprint density at radius 2 is 2.24 bits per heavy atom. The minimum Gasteiger partial charge on any atom is -0.456 e. The summed E-state index contributed by atoms with van der Waals surface area (Å²) < 4.78 is 5.17. The van der Waals surface area contributed by atoms with Gasteiger partial charge in [0.2, 0.25) is 0 Å². The van der Waals surface area contributed by atoms with Gasteiger partial charge >= 0.3 is 5.91 Å². The van der Waals surface area contributed by atoms with Crippen molar-refractivity contribution in [1.82, 2.24) is 5.43 Å². The lowest BCUT2D eigenvalue weighted by Crippen LogP contribution is -2.16. The maximum atomic E-state index is 11.5. The molecule has 0 bridgehead atoms. The fourth-order valence-electron chi connectivity index (χ4n) is 1.44. The molecule has 1 heterocycles. The Kier molecular flexibility index (Phi) is 6.07. The number of nitrogens with zero attached hydrogens (tertiary/aromatic N) is 1. The Bertz CT molecular complexity index is 369. The van der Waals surface area contributed by atoms with Crippen LogP contribution in [0.1, 0.15) is 55.3 Å². The number of furan rings is 1. The molecule has 0 aliphatic rings. The summed E-state index contributed by atoms with van der Waals surface area (Å²) in [6.45, 7) is 3.98. The number of hydrogen-bond acceptors (Lipinski definition) is 3. The Morgan fingerprint density at radius 1 is 1.41 bits per heavy atom. The number of rotatable bonds is 7. The molecule has 0 saturated carbocycles. The maximum Gasteiger partial charge on any atom is 0.307 e. The van der Waals surface area contributed by atoms with Crippen LogP contribution in [0.15, 0.2) is 21.7 Å². The van der Waals surface area contributed by atoms with Crippen molar-refractivity contribution in [2.45, 2.75) is 46.0 Å². The smallest absolute Gasteiger partial charge is 0.307 e. The molecule has 0 unspecified atom stereocenters. The first-order valence-corrected chi connectivity index (χ1v) is 6.12. The van der Waals surface area contributed by atoms with Crippen LogP contribution in [-0.4, -0.2) is 12.1 Å². The fourth-order valence-corrected chi connectivity index (χ4v) is 1.44. The van der Waals surface area contributed by atoms with E-state index in [0.717, 1.165) is 18.6 Å². The number of nitrogens with one attached hydrogen (secondary N) is 1. The normalized spacial score (nSPS) is 10.9. The fraction of sp³-hybridized carbons (Fsp3) is 0.538. The van der Waals surface area contributed by atoms with Crippen LogP contribution >= 0.6 is 0 Å². The summed E-state index contributed by atoms with van der Waals surface area (Å²) in [7, 11) is 0. The molecule has 1 aromatic heterocycles. The van der Waals surface area contributed by atoms with Crippen molar-refractivity contribution >= 4 is 12.1 Å². The average molecular weight is 236 g/mol. The van der Waals surface area contributed by atoms with Gasteiger partial charge in [-0.3, -0.25) is 4.79 Å². The summed E-state index contributed by atoms with van der Waals surface area (Å²) in [5.41, 5.74) is 2.44. The van der Waals surface area contributed by atoms with Gasteiger partial charge < -0.3 is 4.42 Å². The number of amides is 1. The monoisotopic (exact) mass is 236 g/mol. The summed E-state index contributed by atoms with van der Waals surface area (Å²) in [4.78, 5) is 11.5. The number of hydrogen-bond donors (Lipinski definition) is 1. The lowest BCUT2D eigenvalue weighted by molar-refractivity contribution is 0.0926. The average Bonchev–Trinajstić information content (AvgIpc) is 2.74. The highest BCUT2D eigenvalue weighted by molar-refractivity contribution is 5.91. The van der Waals surface area contributed by atoms with Gasteiger partial charge in [0.15, 0.2) is 5.76 Å². The van der Waals surface area contributed by atoms with Gasteiger partial charge in [0, 0.05) is 6.21 Å². The number of carbonyl (C=O) groups excluding carboxylic acids is 1. The van der Waals surface area contributed by atoms with Gasteiger partial charge in [-0.2, -0.15) is 5.10 Å². The summed E-state index contributed by atoms with van der Waals surface area (Å²) in [6.07, 6.45) is 7.46. The van der Waals surface area contributed by atoms with E-state index in [1.165, 1.54) is 19.3 Å². The maximum absolute atomic E-state index is 11.5. The molecule has 4 heteroatoms. The highest BCUT2D eigenvalue weighted by Gasteiger charge is 2.07. The van der Waals surface area contributed by atoms with Crippen LogP contribution in [0.3, 0.4) is 0 Å². The van der Waals surface area contributed by atoms with Crippen LogP contribution in [0.4, 0.5) is 0 Å². The zero-order chi connectivity index (χ0) is 12.5. The first kappa shape index (κ1) is 13.5.